The summed E-state index contributed by atoms with van der Waals surface area (Å²) in [6.45, 7) is 8.34. The summed E-state index contributed by atoms with van der Waals surface area (Å²) in [5.74, 6) is 0.188. The van der Waals surface area contributed by atoms with Gasteiger partial charge in [-0.2, -0.15) is 0 Å². The van der Waals surface area contributed by atoms with Gasteiger partial charge in [-0.1, -0.05) is 49.7 Å². The van der Waals surface area contributed by atoms with E-state index in [1.54, 1.807) is 0 Å². The SMILES string of the molecule is CCC(=O)c1cc(C(C)(C)C)ccc1Br. The van der Waals surface area contributed by atoms with Crippen LogP contribution in [0.15, 0.2) is 22.7 Å². The second-order valence-corrected chi connectivity index (χ2v) is 5.58. The fourth-order valence-electron chi connectivity index (χ4n) is 1.40. The Labute approximate surface area is 100 Å². The first-order valence-corrected chi connectivity index (χ1v) is 5.98. The maximum Gasteiger partial charge on any atom is 0.163 e. The van der Waals surface area contributed by atoms with Gasteiger partial charge in [-0.25, -0.2) is 0 Å². The summed E-state index contributed by atoms with van der Waals surface area (Å²) in [6.07, 6.45) is 0.548. The second kappa shape index (κ2) is 4.48. The predicted octanol–water partition coefficient (Wildman–Crippen LogP) is 4.34. The highest BCUT2D eigenvalue weighted by Crippen LogP contribution is 2.27. The Morgan fingerprint density at radius 3 is 2.40 bits per heavy atom. The molecule has 0 atom stereocenters. The number of hydrogen-bond acceptors (Lipinski definition) is 1. The van der Waals surface area contributed by atoms with Crippen LogP contribution >= 0.6 is 15.9 Å². The summed E-state index contributed by atoms with van der Waals surface area (Å²) in [6, 6.07) is 6.02. The molecule has 1 aromatic rings. The molecule has 0 aliphatic rings. The van der Waals surface area contributed by atoms with Crippen LogP contribution in [0.5, 0.6) is 0 Å². The number of hydrogen-bond donors (Lipinski definition) is 0. The van der Waals surface area contributed by atoms with Crippen molar-refractivity contribution in [3.63, 3.8) is 0 Å². The average molecular weight is 269 g/mol. The molecule has 0 fully saturated rings. The van der Waals surface area contributed by atoms with Crippen LogP contribution in [-0.4, -0.2) is 5.78 Å². The van der Waals surface area contributed by atoms with Gasteiger partial charge in [0.15, 0.2) is 5.78 Å². The van der Waals surface area contributed by atoms with Crippen LogP contribution in [0.3, 0.4) is 0 Å². The third-order valence-corrected chi connectivity index (χ3v) is 3.15. The molecule has 0 heterocycles. The van der Waals surface area contributed by atoms with Gasteiger partial charge < -0.3 is 0 Å². The number of Topliss-reactive ketones (excluding diaryl/α,β-unsaturated/α-hetero) is 1. The molecule has 0 aliphatic heterocycles. The van der Waals surface area contributed by atoms with E-state index in [-0.39, 0.29) is 11.2 Å². The van der Waals surface area contributed by atoms with Crippen LogP contribution in [0, 0.1) is 0 Å². The lowest BCUT2D eigenvalue weighted by molar-refractivity contribution is 0.0987. The van der Waals surface area contributed by atoms with Crippen molar-refractivity contribution >= 4 is 21.7 Å². The highest BCUT2D eigenvalue weighted by Gasteiger charge is 2.16. The van der Waals surface area contributed by atoms with E-state index in [0.29, 0.717) is 6.42 Å². The summed E-state index contributed by atoms with van der Waals surface area (Å²) < 4.78 is 0.891. The standard InChI is InChI=1S/C13H17BrO/c1-5-12(15)10-8-9(13(2,3)4)6-7-11(10)14/h6-8H,5H2,1-4H3. The summed E-state index contributed by atoms with van der Waals surface area (Å²) >= 11 is 3.42. The zero-order valence-corrected chi connectivity index (χ0v) is 11.3. The predicted molar refractivity (Wildman–Crippen MR) is 67.5 cm³/mol. The molecule has 0 radical (unpaired) electrons. The molecule has 1 aromatic carbocycles. The molecule has 0 aliphatic carbocycles. The van der Waals surface area contributed by atoms with Crippen molar-refractivity contribution in [3.05, 3.63) is 33.8 Å². The molecule has 0 bridgehead atoms. The molecule has 1 nitrogen and oxygen atoms in total. The van der Waals surface area contributed by atoms with Gasteiger partial charge in [0.25, 0.3) is 0 Å². The summed E-state index contributed by atoms with van der Waals surface area (Å²) in [7, 11) is 0. The monoisotopic (exact) mass is 268 g/mol. The van der Waals surface area contributed by atoms with Crippen molar-refractivity contribution in [2.75, 3.05) is 0 Å². The summed E-state index contributed by atoms with van der Waals surface area (Å²) in [5.41, 5.74) is 2.08. The Kier molecular flexibility index (Phi) is 3.72. The van der Waals surface area contributed by atoms with E-state index in [0.717, 1.165) is 10.0 Å². The van der Waals surface area contributed by atoms with Crippen LogP contribution in [-0.2, 0) is 5.41 Å². The minimum absolute atomic E-state index is 0.0868. The van der Waals surface area contributed by atoms with Crippen LogP contribution in [0.4, 0.5) is 0 Å². The zero-order chi connectivity index (χ0) is 11.6. The largest absolute Gasteiger partial charge is 0.294 e. The zero-order valence-electron chi connectivity index (χ0n) is 9.73. The molecular formula is C13H17BrO. The smallest absolute Gasteiger partial charge is 0.163 e. The normalized spacial score (nSPS) is 11.5. The van der Waals surface area contributed by atoms with E-state index in [1.165, 1.54) is 5.56 Å². The van der Waals surface area contributed by atoms with Crippen LogP contribution in [0.1, 0.15) is 50.0 Å². The van der Waals surface area contributed by atoms with Crippen molar-refractivity contribution in [2.24, 2.45) is 0 Å². The maximum absolute atomic E-state index is 11.7. The lowest BCUT2D eigenvalue weighted by Crippen LogP contribution is -2.12. The Balaban J connectivity index is 3.23. The minimum atomic E-state index is 0.0868. The van der Waals surface area contributed by atoms with E-state index < -0.39 is 0 Å². The number of benzene rings is 1. The van der Waals surface area contributed by atoms with Crippen LogP contribution < -0.4 is 0 Å². The molecule has 0 saturated heterocycles. The van der Waals surface area contributed by atoms with E-state index in [4.69, 9.17) is 0 Å². The van der Waals surface area contributed by atoms with Crippen molar-refractivity contribution in [2.45, 2.75) is 39.5 Å². The third kappa shape index (κ3) is 2.91. The fourth-order valence-corrected chi connectivity index (χ4v) is 1.86. The van der Waals surface area contributed by atoms with Gasteiger partial charge in [0.1, 0.15) is 0 Å². The lowest BCUT2D eigenvalue weighted by atomic mass is 9.86. The highest BCUT2D eigenvalue weighted by molar-refractivity contribution is 9.10. The topological polar surface area (TPSA) is 17.1 Å². The highest BCUT2D eigenvalue weighted by atomic mass is 79.9. The molecule has 0 amide bonds. The molecule has 0 N–H and O–H groups in total. The van der Waals surface area contributed by atoms with Gasteiger partial charge in [0.2, 0.25) is 0 Å². The lowest BCUT2D eigenvalue weighted by Gasteiger charge is -2.20. The van der Waals surface area contributed by atoms with Gasteiger partial charge in [-0.15, -0.1) is 0 Å². The Bertz CT molecular complexity index is 375. The molecule has 1 rings (SSSR count). The molecule has 0 spiro atoms. The molecule has 82 valence electrons. The third-order valence-electron chi connectivity index (χ3n) is 2.45. The number of carbonyl (C=O) groups is 1. The molecular weight excluding hydrogens is 252 g/mol. The van der Waals surface area contributed by atoms with E-state index in [9.17, 15) is 4.79 Å². The quantitative estimate of drug-likeness (QED) is 0.730. The Morgan fingerprint density at radius 1 is 1.33 bits per heavy atom. The van der Waals surface area contributed by atoms with E-state index in [1.807, 2.05) is 19.1 Å². The van der Waals surface area contributed by atoms with Crippen LogP contribution in [0.2, 0.25) is 0 Å². The summed E-state index contributed by atoms with van der Waals surface area (Å²) in [4.78, 5) is 11.7. The van der Waals surface area contributed by atoms with Gasteiger partial charge in [-0.3, -0.25) is 4.79 Å². The van der Waals surface area contributed by atoms with Crippen molar-refractivity contribution in [1.82, 2.24) is 0 Å². The molecule has 15 heavy (non-hydrogen) atoms. The van der Waals surface area contributed by atoms with Crippen LogP contribution in [0.25, 0.3) is 0 Å². The maximum atomic E-state index is 11.7. The van der Waals surface area contributed by atoms with Gasteiger partial charge in [0.05, 0.1) is 0 Å². The first-order chi connectivity index (χ1) is 6.86. The first-order valence-electron chi connectivity index (χ1n) is 5.19. The number of carbonyl (C=O) groups excluding carboxylic acids is 1. The van der Waals surface area contributed by atoms with Crippen molar-refractivity contribution < 1.29 is 4.79 Å². The first kappa shape index (κ1) is 12.4. The van der Waals surface area contributed by atoms with Crippen molar-refractivity contribution in [1.29, 1.82) is 0 Å². The van der Waals surface area contributed by atoms with E-state index >= 15 is 0 Å². The Morgan fingerprint density at radius 2 is 1.93 bits per heavy atom. The van der Waals surface area contributed by atoms with Gasteiger partial charge in [0, 0.05) is 16.5 Å². The number of rotatable bonds is 2. The molecule has 0 unspecified atom stereocenters. The fraction of sp³-hybridized carbons (Fsp3) is 0.462. The van der Waals surface area contributed by atoms with Crippen molar-refractivity contribution in [3.8, 4) is 0 Å². The minimum Gasteiger partial charge on any atom is -0.294 e. The molecule has 0 saturated carbocycles. The second-order valence-electron chi connectivity index (χ2n) is 4.72. The number of ketones is 1. The van der Waals surface area contributed by atoms with Gasteiger partial charge >= 0.3 is 0 Å². The van der Waals surface area contributed by atoms with Gasteiger partial charge in [-0.05, 0) is 23.1 Å². The summed E-state index contributed by atoms with van der Waals surface area (Å²) in [5, 5.41) is 0. The Hall–Kier alpha value is -0.630. The average Bonchev–Trinajstić information content (AvgIpc) is 2.15. The molecule has 2 heteroatoms. The molecule has 0 aromatic heterocycles. The number of halogens is 1. The van der Waals surface area contributed by atoms with E-state index in [2.05, 4.69) is 42.8 Å².